The molecule has 0 aliphatic heterocycles. The van der Waals surface area contributed by atoms with E-state index in [-0.39, 0.29) is 11.4 Å². The zero-order valence-electron chi connectivity index (χ0n) is 8.47. The van der Waals surface area contributed by atoms with Crippen LogP contribution in [0.2, 0.25) is 0 Å². The maximum absolute atomic E-state index is 11.4. The van der Waals surface area contributed by atoms with Crippen molar-refractivity contribution in [3.8, 4) is 0 Å². The fourth-order valence-corrected chi connectivity index (χ4v) is 1.02. The zero-order chi connectivity index (χ0) is 12.1. The number of nitrogens with zero attached hydrogens (tertiary/aromatic N) is 2. The standard InChI is InChI=1S/C9H10N4O3/c1-11-5-6(4-10)13-8(14)3-2-7(12-13)9(15)16/h2-5,10-11H,1H3,(H,15,16)/b6-5+,10-4?. The molecular formula is C9H10N4O3. The molecule has 0 aromatic carbocycles. The minimum Gasteiger partial charge on any atom is -0.476 e. The predicted molar refractivity (Wildman–Crippen MR) is 57.6 cm³/mol. The van der Waals surface area contributed by atoms with Crippen LogP contribution in [0.4, 0.5) is 0 Å². The zero-order valence-corrected chi connectivity index (χ0v) is 8.47. The lowest BCUT2D eigenvalue weighted by Gasteiger charge is -2.04. The van der Waals surface area contributed by atoms with Gasteiger partial charge in [0.05, 0.1) is 0 Å². The Kier molecular flexibility index (Phi) is 3.54. The number of carboxylic acids is 1. The second-order valence-corrected chi connectivity index (χ2v) is 2.78. The molecule has 0 aliphatic carbocycles. The number of aromatic carboxylic acids is 1. The smallest absolute Gasteiger partial charge is 0.356 e. The van der Waals surface area contributed by atoms with E-state index >= 15 is 0 Å². The number of carbonyl (C=O) groups is 1. The van der Waals surface area contributed by atoms with Crippen molar-refractivity contribution in [1.82, 2.24) is 15.1 Å². The number of rotatable bonds is 4. The summed E-state index contributed by atoms with van der Waals surface area (Å²) in [5, 5.41) is 22.0. The van der Waals surface area contributed by atoms with Crippen LogP contribution in [0.15, 0.2) is 23.1 Å². The molecule has 7 heteroatoms. The van der Waals surface area contributed by atoms with Crippen LogP contribution in [0, 0.1) is 5.41 Å². The topological polar surface area (TPSA) is 108 Å². The fourth-order valence-electron chi connectivity index (χ4n) is 1.02. The van der Waals surface area contributed by atoms with Crippen LogP contribution in [-0.4, -0.2) is 34.1 Å². The summed E-state index contributed by atoms with van der Waals surface area (Å²) in [6.07, 6.45) is 2.27. The highest BCUT2D eigenvalue weighted by Gasteiger charge is 2.08. The molecule has 3 N–H and O–H groups in total. The largest absolute Gasteiger partial charge is 0.476 e. The predicted octanol–water partition coefficient (Wildman–Crippen LogP) is -0.391. The summed E-state index contributed by atoms with van der Waals surface area (Å²) in [7, 11) is 1.59. The van der Waals surface area contributed by atoms with Gasteiger partial charge in [0, 0.05) is 25.5 Å². The number of aromatic nitrogens is 2. The van der Waals surface area contributed by atoms with Gasteiger partial charge >= 0.3 is 5.97 Å². The van der Waals surface area contributed by atoms with Crippen molar-refractivity contribution in [2.75, 3.05) is 7.05 Å². The van der Waals surface area contributed by atoms with Gasteiger partial charge in [-0.3, -0.25) is 4.79 Å². The van der Waals surface area contributed by atoms with E-state index in [9.17, 15) is 9.59 Å². The molecule has 0 unspecified atom stereocenters. The first-order valence-corrected chi connectivity index (χ1v) is 4.32. The molecule has 1 aromatic heterocycles. The van der Waals surface area contributed by atoms with E-state index in [0.717, 1.165) is 23.0 Å². The Bertz CT molecular complexity index is 504. The Labute approximate surface area is 90.5 Å². The van der Waals surface area contributed by atoms with E-state index in [4.69, 9.17) is 10.5 Å². The number of carboxylic acid groups (broad SMARTS) is 1. The molecule has 0 fully saturated rings. The van der Waals surface area contributed by atoms with Crippen LogP contribution in [0.1, 0.15) is 10.5 Å². The van der Waals surface area contributed by atoms with Crippen LogP contribution in [0.25, 0.3) is 5.70 Å². The highest BCUT2D eigenvalue weighted by molar-refractivity contribution is 5.99. The number of hydrogen-bond donors (Lipinski definition) is 3. The van der Waals surface area contributed by atoms with Crippen LogP contribution < -0.4 is 10.9 Å². The van der Waals surface area contributed by atoms with E-state index in [1.54, 1.807) is 7.05 Å². The van der Waals surface area contributed by atoms with Gasteiger partial charge in [0.15, 0.2) is 5.69 Å². The summed E-state index contributed by atoms with van der Waals surface area (Å²) in [4.78, 5) is 22.1. The van der Waals surface area contributed by atoms with Gasteiger partial charge in [-0.05, 0) is 6.07 Å². The summed E-state index contributed by atoms with van der Waals surface area (Å²) < 4.78 is 0.840. The Morgan fingerprint density at radius 1 is 1.62 bits per heavy atom. The summed E-state index contributed by atoms with van der Waals surface area (Å²) in [6.45, 7) is 0. The number of nitrogens with one attached hydrogen (secondary N) is 2. The summed E-state index contributed by atoms with van der Waals surface area (Å²) in [6, 6.07) is 2.20. The Balaban J connectivity index is 3.37. The lowest BCUT2D eigenvalue weighted by Crippen LogP contribution is -2.25. The van der Waals surface area contributed by atoms with Gasteiger partial charge in [-0.2, -0.15) is 9.78 Å². The number of allylic oxidation sites excluding steroid dienone is 1. The van der Waals surface area contributed by atoms with E-state index < -0.39 is 11.5 Å². The van der Waals surface area contributed by atoms with Gasteiger partial charge in [-0.25, -0.2) is 4.79 Å². The van der Waals surface area contributed by atoms with E-state index in [2.05, 4.69) is 10.4 Å². The van der Waals surface area contributed by atoms with Gasteiger partial charge in [-0.1, -0.05) is 0 Å². The molecule has 0 aliphatic rings. The molecule has 1 heterocycles. The Hall–Kier alpha value is -2.44. The molecule has 84 valence electrons. The van der Waals surface area contributed by atoms with Crippen molar-refractivity contribution in [3.63, 3.8) is 0 Å². The fraction of sp³-hybridized carbons (Fsp3) is 0.111. The van der Waals surface area contributed by atoms with E-state index in [0.29, 0.717) is 0 Å². The molecule has 0 saturated carbocycles. The Morgan fingerprint density at radius 2 is 2.31 bits per heavy atom. The summed E-state index contributed by atoms with van der Waals surface area (Å²) >= 11 is 0. The van der Waals surface area contributed by atoms with Crippen molar-refractivity contribution >= 4 is 17.9 Å². The molecule has 1 aromatic rings. The van der Waals surface area contributed by atoms with Gasteiger partial charge in [-0.15, -0.1) is 0 Å². The molecule has 16 heavy (non-hydrogen) atoms. The first-order chi connectivity index (χ1) is 7.60. The third-order valence-electron chi connectivity index (χ3n) is 1.70. The van der Waals surface area contributed by atoms with Gasteiger partial charge in [0.2, 0.25) is 0 Å². The SMILES string of the molecule is CN/C=C(\C=N)n1nc(C(=O)O)ccc1=O. The van der Waals surface area contributed by atoms with Crippen molar-refractivity contribution in [2.45, 2.75) is 0 Å². The Morgan fingerprint density at radius 3 is 2.81 bits per heavy atom. The normalized spacial score (nSPS) is 10.9. The monoisotopic (exact) mass is 222 g/mol. The molecule has 0 spiro atoms. The van der Waals surface area contributed by atoms with Crippen LogP contribution in [-0.2, 0) is 0 Å². The third-order valence-corrected chi connectivity index (χ3v) is 1.70. The van der Waals surface area contributed by atoms with Crippen LogP contribution in [0.3, 0.4) is 0 Å². The molecular weight excluding hydrogens is 212 g/mol. The molecule has 0 bridgehead atoms. The van der Waals surface area contributed by atoms with Crippen molar-refractivity contribution < 1.29 is 9.90 Å². The highest BCUT2D eigenvalue weighted by Crippen LogP contribution is 1.96. The molecule has 0 radical (unpaired) electrons. The van der Waals surface area contributed by atoms with E-state index in [1.165, 1.54) is 6.20 Å². The summed E-state index contributed by atoms with van der Waals surface area (Å²) in [5.74, 6) is -1.23. The van der Waals surface area contributed by atoms with Crippen molar-refractivity contribution in [2.24, 2.45) is 0 Å². The average molecular weight is 222 g/mol. The minimum atomic E-state index is -1.23. The maximum atomic E-state index is 11.4. The van der Waals surface area contributed by atoms with E-state index in [1.807, 2.05) is 0 Å². The first kappa shape index (κ1) is 11.6. The molecule has 0 atom stereocenters. The second-order valence-electron chi connectivity index (χ2n) is 2.78. The lowest BCUT2D eigenvalue weighted by molar-refractivity contribution is 0.0688. The summed E-state index contributed by atoms with van der Waals surface area (Å²) in [5.41, 5.74) is -0.617. The number of hydrogen-bond acceptors (Lipinski definition) is 5. The van der Waals surface area contributed by atoms with Crippen molar-refractivity contribution in [3.05, 3.63) is 34.4 Å². The van der Waals surface area contributed by atoms with Gasteiger partial charge in [0.25, 0.3) is 5.56 Å². The third kappa shape index (κ3) is 2.32. The molecule has 7 nitrogen and oxygen atoms in total. The molecule has 0 amide bonds. The average Bonchev–Trinajstić information content (AvgIpc) is 2.26. The minimum absolute atomic E-state index is 0.149. The highest BCUT2D eigenvalue weighted by atomic mass is 16.4. The second kappa shape index (κ2) is 4.87. The van der Waals surface area contributed by atoms with Gasteiger partial charge in [0.1, 0.15) is 5.70 Å². The molecule has 1 rings (SSSR count). The van der Waals surface area contributed by atoms with Crippen LogP contribution in [0.5, 0.6) is 0 Å². The lowest BCUT2D eigenvalue weighted by atomic mass is 10.4. The quantitative estimate of drug-likeness (QED) is 0.601. The molecule has 0 saturated heterocycles. The maximum Gasteiger partial charge on any atom is 0.356 e. The van der Waals surface area contributed by atoms with Crippen LogP contribution >= 0.6 is 0 Å². The first-order valence-electron chi connectivity index (χ1n) is 4.32. The van der Waals surface area contributed by atoms with Crippen molar-refractivity contribution in [1.29, 1.82) is 5.41 Å². The van der Waals surface area contributed by atoms with Gasteiger partial charge < -0.3 is 15.8 Å².